The number of rotatable bonds is 5. The normalized spacial score (nSPS) is 10.3. The first-order valence-electron chi connectivity index (χ1n) is 8.81. The monoisotopic (exact) mass is 598 g/mol. The third-order valence-electron chi connectivity index (χ3n) is 4.19. The molecule has 0 saturated carbocycles. The summed E-state index contributed by atoms with van der Waals surface area (Å²) in [6.45, 7) is 3.90. The number of nitrogens with one attached hydrogen (secondary N) is 3. The van der Waals surface area contributed by atoms with Crippen LogP contribution in [-0.4, -0.2) is 20.2 Å². The number of aryl methyl sites for hydroxylation is 1. The van der Waals surface area contributed by atoms with Gasteiger partial charge in [0.1, 0.15) is 11.6 Å². The number of nitrogens with zero attached hydrogens (tertiary/aromatic N) is 3. The number of aromatic nitrogens is 4. The number of hydrogen-bond donors (Lipinski definition) is 2. The Balaban J connectivity index is 0.00000240. The van der Waals surface area contributed by atoms with Gasteiger partial charge in [0.25, 0.3) is 0 Å². The standard InChI is InChI=1S/C21H19N6O.Ac/c1-13-12-18(27-26-13)23-20-14(2)19(15-6-4-3-5-7-15)24-21(25-20)28-17-10-8-16(22)9-11-17;/h3-12,22H,1-2H3,(H2,23,24,25,26,27);/q-1;. The maximum Gasteiger partial charge on any atom is 0.324 e. The molecule has 0 amide bonds. The molecule has 4 rings (SSSR count). The molecule has 8 heteroatoms. The van der Waals surface area contributed by atoms with Crippen molar-refractivity contribution >= 4 is 17.3 Å². The van der Waals surface area contributed by atoms with Crippen molar-refractivity contribution in [2.45, 2.75) is 13.8 Å². The van der Waals surface area contributed by atoms with E-state index in [-0.39, 0.29) is 50.1 Å². The molecule has 0 unspecified atom stereocenters. The van der Waals surface area contributed by atoms with Gasteiger partial charge in [0.15, 0.2) is 5.82 Å². The largest absolute Gasteiger partial charge is 0.699 e. The maximum atomic E-state index is 7.60. The SMILES string of the molecule is Cc1cc(Nc2nc(Oc3ccc([NH-])cc3)nc(-c3ccccc3)c2C)n[nH]1.[Ac]. The van der Waals surface area contributed by atoms with Gasteiger partial charge in [-0.2, -0.15) is 15.1 Å². The van der Waals surface area contributed by atoms with Crippen LogP contribution in [0, 0.1) is 57.9 Å². The average Bonchev–Trinajstić information content (AvgIpc) is 3.11. The Morgan fingerprint density at radius 2 is 1.69 bits per heavy atom. The van der Waals surface area contributed by atoms with Gasteiger partial charge in [-0.05, 0) is 26.0 Å². The Labute approximate surface area is 204 Å². The summed E-state index contributed by atoms with van der Waals surface area (Å²) in [5.74, 6) is 1.86. The molecule has 0 aliphatic carbocycles. The van der Waals surface area contributed by atoms with E-state index in [4.69, 9.17) is 10.5 Å². The van der Waals surface area contributed by atoms with Crippen LogP contribution in [0.5, 0.6) is 11.8 Å². The number of hydrogen-bond acceptors (Lipinski definition) is 5. The number of anilines is 2. The zero-order valence-corrected chi connectivity index (χ0v) is 20.8. The fourth-order valence-corrected chi connectivity index (χ4v) is 2.77. The molecule has 29 heavy (non-hydrogen) atoms. The molecule has 3 N–H and O–H groups in total. The first-order valence-corrected chi connectivity index (χ1v) is 8.81. The van der Waals surface area contributed by atoms with Gasteiger partial charge in [-0.3, -0.25) is 5.10 Å². The van der Waals surface area contributed by atoms with Crippen LogP contribution in [-0.2, 0) is 0 Å². The van der Waals surface area contributed by atoms with Crippen molar-refractivity contribution in [3.8, 4) is 23.0 Å². The van der Waals surface area contributed by atoms with Gasteiger partial charge in [-0.25, -0.2) is 0 Å². The maximum absolute atomic E-state index is 7.60. The molecule has 2 heterocycles. The van der Waals surface area contributed by atoms with Crippen molar-refractivity contribution in [1.82, 2.24) is 20.2 Å². The minimum atomic E-state index is 0. The van der Waals surface area contributed by atoms with Crippen LogP contribution in [0.25, 0.3) is 17.0 Å². The summed E-state index contributed by atoms with van der Waals surface area (Å²) in [6, 6.07) is 18.8. The fourth-order valence-electron chi connectivity index (χ4n) is 2.77. The van der Waals surface area contributed by atoms with Crippen LogP contribution in [0.2, 0.25) is 0 Å². The van der Waals surface area contributed by atoms with E-state index in [2.05, 4.69) is 25.5 Å². The molecule has 1 radical (unpaired) electrons. The van der Waals surface area contributed by atoms with E-state index in [1.54, 1.807) is 24.3 Å². The predicted molar refractivity (Wildman–Crippen MR) is 109 cm³/mol. The van der Waals surface area contributed by atoms with Crippen LogP contribution < -0.4 is 10.1 Å². The van der Waals surface area contributed by atoms with Crippen LogP contribution in [0.3, 0.4) is 0 Å². The summed E-state index contributed by atoms with van der Waals surface area (Å²) in [5, 5.41) is 10.4. The molecular formula is C21H19AcN6O-. The number of aromatic amines is 1. The molecule has 0 saturated heterocycles. The van der Waals surface area contributed by atoms with E-state index < -0.39 is 0 Å². The van der Waals surface area contributed by atoms with Crippen LogP contribution >= 0.6 is 0 Å². The van der Waals surface area contributed by atoms with Crippen molar-refractivity contribution in [3.63, 3.8) is 0 Å². The first kappa shape index (κ1) is 21.3. The quantitative estimate of drug-likeness (QED) is 0.307. The fraction of sp³-hybridized carbons (Fsp3) is 0.0952. The molecule has 143 valence electrons. The second kappa shape index (κ2) is 9.38. The molecular weight excluding hydrogens is 579 g/mol. The van der Waals surface area contributed by atoms with Crippen molar-refractivity contribution in [2.75, 3.05) is 5.32 Å². The molecule has 0 atom stereocenters. The molecule has 0 spiro atoms. The zero-order chi connectivity index (χ0) is 19.5. The molecule has 0 aliphatic rings. The van der Waals surface area contributed by atoms with E-state index in [0.717, 1.165) is 22.5 Å². The van der Waals surface area contributed by atoms with Crippen molar-refractivity contribution in [1.29, 1.82) is 0 Å². The smallest absolute Gasteiger partial charge is 0.324 e. The summed E-state index contributed by atoms with van der Waals surface area (Å²) in [4.78, 5) is 9.15. The van der Waals surface area contributed by atoms with E-state index in [9.17, 15) is 0 Å². The summed E-state index contributed by atoms with van der Waals surface area (Å²) in [5.41, 5.74) is 11.6. The number of benzene rings is 2. The summed E-state index contributed by atoms with van der Waals surface area (Å²) < 4.78 is 5.86. The van der Waals surface area contributed by atoms with Crippen molar-refractivity contribution < 1.29 is 48.8 Å². The zero-order valence-electron chi connectivity index (χ0n) is 16.1. The van der Waals surface area contributed by atoms with Gasteiger partial charge >= 0.3 is 6.01 Å². The number of H-pyrrole nitrogens is 1. The number of ether oxygens (including phenoxy) is 1. The van der Waals surface area contributed by atoms with Gasteiger partial charge in [0.05, 0.1) is 5.69 Å². The van der Waals surface area contributed by atoms with Gasteiger partial charge in [0, 0.05) is 66.9 Å². The van der Waals surface area contributed by atoms with Crippen molar-refractivity contribution in [2.24, 2.45) is 0 Å². The van der Waals surface area contributed by atoms with E-state index in [1.807, 2.05) is 50.2 Å². The first-order chi connectivity index (χ1) is 13.6. The summed E-state index contributed by atoms with van der Waals surface area (Å²) >= 11 is 0. The minimum Gasteiger partial charge on any atom is -0.699 e. The van der Waals surface area contributed by atoms with Gasteiger partial charge < -0.3 is 15.8 Å². The molecule has 0 bridgehead atoms. The molecule has 0 aliphatic heterocycles. The molecule has 4 aromatic rings. The third-order valence-corrected chi connectivity index (χ3v) is 4.19. The molecule has 2 aromatic heterocycles. The second-order valence-electron chi connectivity index (χ2n) is 6.38. The Morgan fingerprint density at radius 3 is 2.34 bits per heavy atom. The third kappa shape index (κ3) is 5.14. The average molecular weight is 598 g/mol. The molecule has 0 fully saturated rings. The van der Waals surface area contributed by atoms with E-state index >= 15 is 0 Å². The summed E-state index contributed by atoms with van der Waals surface area (Å²) in [6.07, 6.45) is 0. The van der Waals surface area contributed by atoms with E-state index in [1.165, 1.54) is 0 Å². The Morgan fingerprint density at radius 1 is 0.966 bits per heavy atom. The topological polar surface area (TPSA) is 99.5 Å². The van der Waals surface area contributed by atoms with Gasteiger partial charge in [0.2, 0.25) is 0 Å². The van der Waals surface area contributed by atoms with E-state index in [0.29, 0.717) is 23.1 Å². The summed E-state index contributed by atoms with van der Waals surface area (Å²) in [7, 11) is 0. The minimum absolute atomic E-state index is 0. The molecule has 2 aromatic carbocycles. The van der Waals surface area contributed by atoms with Gasteiger partial charge in [-0.1, -0.05) is 42.5 Å². The van der Waals surface area contributed by atoms with Crippen LogP contribution in [0.15, 0.2) is 60.7 Å². The second-order valence-corrected chi connectivity index (χ2v) is 6.38. The predicted octanol–water partition coefficient (Wildman–Crippen LogP) is 5.70. The van der Waals surface area contributed by atoms with Crippen molar-refractivity contribution in [3.05, 3.63) is 77.7 Å². The van der Waals surface area contributed by atoms with Crippen LogP contribution in [0.1, 0.15) is 11.3 Å². The van der Waals surface area contributed by atoms with Crippen LogP contribution in [0.4, 0.5) is 17.3 Å². The Kier molecular flexibility index (Phi) is 6.88. The Bertz CT molecular complexity index is 1100. The van der Waals surface area contributed by atoms with Gasteiger partial charge in [-0.15, -0.1) is 5.69 Å². The Hall–Kier alpha value is -2.43. The molecule has 7 nitrogen and oxygen atoms in total.